The van der Waals surface area contributed by atoms with Crippen molar-refractivity contribution < 1.29 is 13.9 Å². The standard InChI is InChI=1S/C31H33N5O5Si/c1-42(2,3)17-16-40-19-36-30(39)35-15-12-22-25(37)24(21-10-11-23(33-18-21)31(29(32)38)13-7-14-31)26(20-8-5-4-6-9-20)41-27(22)28(35)34-36/h4-6,8-12,15,18H,7,13-14,16-17,19H2,1-3H3,(H2,32,38). The monoisotopic (exact) mass is 583 g/mol. The van der Waals surface area contributed by atoms with E-state index in [1.54, 1.807) is 24.4 Å². The van der Waals surface area contributed by atoms with Crippen LogP contribution in [0, 0.1) is 0 Å². The Bertz CT molecular complexity index is 1920. The topological polar surface area (TPSA) is 135 Å². The van der Waals surface area contributed by atoms with Crippen LogP contribution < -0.4 is 16.9 Å². The number of fused-ring (bicyclic) bond motifs is 3. The first-order valence-corrected chi connectivity index (χ1v) is 17.8. The lowest BCUT2D eigenvalue weighted by Crippen LogP contribution is -2.47. The molecule has 6 rings (SSSR count). The molecule has 0 bridgehead atoms. The fraction of sp³-hybridized carbons (Fsp3) is 0.323. The highest BCUT2D eigenvalue weighted by atomic mass is 28.3. The number of primary amides is 1. The van der Waals surface area contributed by atoms with E-state index in [4.69, 9.17) is 14.9 Å². The number of rotatable bonds is 9. The normalized spacial score (nSPS) is 14.7. The molecule has 0 atom stereocenters. The SMILES string of the molecule is C[Si](C)(C)CCOCn1nc2c3oc(-c4ccccc4)c(-c4ccc(C5(C(N)=O)CCC5)nc4)c(=O)c3ccn2c1=O. The highest BCUT2D eigenvalue weighted by Gasteiger charge is 2.45. The molecule has 1 aliphatic carbocycles. The molecule has 5 aromatic rings. The zero-order chi connectivity index (χ0) is 29.6. The zero-order valence-electron chi connectivity index (χ0n) is 23.9. The number of carbonyl (C=O) groups excluding carboxylic acids is 1. The first-order chi connectivity index (χ1) is 20.1. The number of benzene rings is 1. The van der Waals surface area contributed by atoms with Crippen molar-refractivity contribution in [3.05, 3.63) is 87.3 Å². The highest BCUT2D eigenvalue weighted by Crippen LogP contribution is 2.43. The lowest BCUT2D eigenvalue weighted by atomic mass is 9.66. The Morgan fingerprint density at radius 2 is 1.83 bits per heavy atom. The van der Waals surface area contributed by atoms with Crippen molar-refractivity contribution in [2.24, 2.45) is 5.73 Å². The van der Waals surface area contributed by atoms with Crippen LogP contribution in [0.5, 0.6) is 0 Å². The number of hydrogen-bond donors (Lipinski definition) is 1. The summed E-state index contributed by atoms with van der Waals surface area (Å²) >= 11 is 0. The van der Waals surface area contributed by atoms with E-state index < -0.39 is 13.5 Å². The van der Waals surface area contributed by atoms with Crippen molar-refractivity contribution in [3.63, 3.8) is 0 Å². The summed E-state index contributed by atoms with van der Waals surface area (Å²) < 4.78 is 14.8. The molecule has 11 heteroatoms. The Morgan fingerprint density at radius 3 is 2.45 bits per heavy atom. The molecule has 216 valence electrons. The van der Waals surface area contributed by atoms with Gasteiger partial charge in [-0.3, -0.25) is 14.6 Å². The van der Waals surface area contributed by atoms with Crippen molar-refractivity contribution in [2.75, 3.05) is 6.61 Å². The summed E-state index contributed by atoms with van der Waals surface area (Å²) in [5.41, 5.74) is 6.90. The van der Waals surface area contributed by atoms with Crippen LogP contribution in [0.2, 0.25) is 25.7 Å². The van der Waals surface area contributed by atoms with E-state index >= 15 is 0 Å². The first-order valence-electron chi connectivity index (χ1n) is 14.1. The van der Waals surface area contributed by atoms with Gasteiger partial charge in [0.05, 0.1) is 22.1 Å². The molecule has 0 saturated heterocycles. The van der Waals surface area contributed by atoms with Gasteiger partial charge in [0.1, 0.15) is 12.5 Å². The Kier molecular flexibility index (Phi) is 6.94. The Labute approximate surface area is 242 Å². The van der Waals surface area contributed by atoms with Crippen molar-refractivity contribution in [1.29, 1.82) is 0 Å². The molecule has 0 spiro atoms. The van der Waals surface area contributed by atoms with E-state index in [0.717, 1.165) is 12.5 Å². The number of pyridine rings is 2. The average Bonchev–Trinajstić information content (AvgIpc) is 3.26. The minimum absolute atomic E-state index is 0.00512. The average molecular weight is 584 g/mol. The number of carbonyl (C=O) groups is 1. The van der Waals surface area contributed by atoms with Gasteiger partial charge in [0.25, 0.3) is 0 Å². The van der Waals surface area contributed by atoms with Crippen LogP contribution in [-0.4, -0.2) is 39.8 Å². The molecule has 1 aromatic carbocycles. The predicted molar refractivity (Wildman–Crippen MR) is 163 cm³/mol. The maximum Gasteiger partial charge on any atom is 0.352 e. The zero-order valence-corrected chi connectivity index (χ0v) is 24.9. The van der Waals surface area contributed by atoms with E-state index in [1.807, 2.05) is 30.3 Å². The van der Waals surface area contributed by atoms with Gasteiger partial charge in [0.2, 0.25) is 17.0 Å². The largest absolute Gasteiger partial charge is 0.451 e. The van der Waals surface area contributed by atoms with Crippen molar-refractivity contribution >= 4 is 30.6 Å². The number of hydrogen-bond acceptors (Lipinski definition) is 7. The summed E-state index contributed by atoms with van der Waals surface area (Å²) in [4.78, 5) is 44.0. The molecule has 1 fully saturated rings. The van der Waals surface area contributed by atoms with Crippen molar-refractivity contribution in [2.45, 2.75) is 57.1 Å². The quantitative estimate of drug-likeness (QED) is 0.199. The Hall–Kier alpha value is -4.35. The minimum atomic E-state index is -1.29. The van der Waals surface area contributed by atoms with Crippen LogP contribution in [0.1, 0.15) is 25.0 Å². The number of aromatic nitrogens is 4. The highest BCUT2D eigenvalue weighted by molar-refractivity contribution is 6.76. The smallest absolute Gasteiger partial charge is 0.352 e. The molecule has 1 amide bonds. The second-order valence-electron chi connectivity index (χ2n) is 12.1. The lowest BCUT2D eigenvalue weighted by Gasteiger charge is -2.38. The summed E-state index contributed by atoms with van der Waals surface area (Å²) in [5, 5.41) is 4.77. The van der Waals surface area contributed by atoms with Crippen LogP contribution in [0.25, 0.3) is 39.1 Å². The van der Waals surface area contributed by atoms with Gasteiger partial charge in [-0.1, -0.05) is 62.5 Å². The molecule has 2 N–H and O–H groups in total. The van der Waals surface area contributed by atoms with Gasteiger partial charge in [-0.25, -0.2) is 9.20 Å². The summed E-state index contributed by atoms with van der Waals surface area (Å²) in [6, 6.07) is 15.4. The molecule has 4 heterocycles. The van der Waals surface area contributed by atoms with E-state index in [9.17, 15) is 14.4 Å². The fourth-order valence-corrected chi connectivity index (χ4v) is 6.13. The maximum absolute atomic E-state index is 14.1. The van der Waals surface area contributed by atoms with E-state index in [1.165, 1.54) is 15.3 Å². The number of nitrogens with two attached hydrogens (primary N) is 1. The number of ether oxygens (including phenoxy) is 1. The maximum atomic E-state index is 14.1. The van der Waals surface area contributed by atoms with Crippen LogP contribution >= 0.6 is 0 Å². The van der Waals surface area contributed by atoms with Crippen molar-refractivity contribution in [1.82, 2.24) is 19.2 Å². The second kappa shape index (κ2) is 10.5. The minimum Gasteiger partial charge on any atom is -0.451 e. The number of amides is 1. The van der Waals surface area contributed by atoms with Gasteiger partial charge >= 0.3 is 5.69 Å². The van der Waals surface area contributed by atoms with E-state index in [-0.39, 0.29) is 40.4 Å². The molecule has 0 aliphatic heterocycles. The molecule has 10 nitrogen and oxygen atoms in total. The second-order valence-corrected chi connectivity index (χ2v) is 17.7. The van der Waals surface area contributed by atoms with E-state index in [0.29, 0.717) is 47.6 Å². The molecular weight excluding hydrogens is 550 g/mol. The molecule has 1 aliphatic rings. The predicted octanol–water partition coefficient (Wildman–Crippen LogP) is 4.55. The van der Waals surface area contributed by atoms with E-state index in [2.05, 4.69) is 29.7 Å². The summed E-state index contributed by atoms with van der Waals surface area (Å²) in [6.45, 7) is 7.33. The van der Waals surface area contributed by atoms with Crippen LogP contribution in [0.3, 0.4) is 0 Å². The van der Waals surface area contributed by atoms with Crippen LogP contribution in [-0.2, 0) is 21.7 Å². The molecule has 0 unspecified atom stereocenters. The van der Waals surface area contributed by atoms with Gasteiger partial charge in [-0.2, -0.15) is 4.68 Å². The van der Waals surface area contributed by atoms with Gasteiger partial charge in [0, 0.05) is 38.2 Å². The lowest BCUT2D eigenvalue weighted by molar-refractivity contribution is -0.126. The van der Waals surface area contributed by atoms with Crippen LogP contribution in [0.4, 0.5) is 0 Å². The third-order valence-electron chi connectivity index (χ3n) is 8.08. The third-order valence-corrected chi connectivity index (χ3v) is 9.78. The molecule has 42 heavy (non-hydrogen) atoms. The molecule has 4 aromatic heterocycles. The summed E-state index contributed by atoms with van der Waals surface area (Å²) in [6.07, 6.45) is 5.36. The van der Waals surface area contributed by atoms with Gasteiger partial charge in [-0.15, -0.1) is 5.10 Å². The Morgan fingerprint density at radius 1 is 1.07 bits per heavy atom. The Balaban J connectivity index is 1.48. The number of nitrogens with zero attached hydrogens (tertiary/aromatic N) is 4. The molecule has 0 radical (unpaired) electrons. The summed E-state index contributed by atoms with van der Waals surface area (Å²) in [7, 11) is -1.29. The van der Waals surface area contributed by atoms with Crippen LogP contribution in [0.15, 0.2) is 74.9 Å². The molecule has 1 saturated carbocycles. The third kappa shape index (κ3) is 4.78. The molecular formula is C31H33N5O5Si. The van der Waals surface area contributed by atoms with Gasteiger partial charge in [-0.05, 0) is 31.0 Å². The van der Waals surface area contributed by atoms with Gasteiger partial charge in [0.15, 0.2) is 5.58 Å². The fourth-order valence-electron chi connectivity index (χ4n) is 5.38. The van der Waals surface area contributed by atoms with Gasteiger partial charge < -0.3 is 14.9 Å². The first kappa shape index (κ1) is 27.8. The van der Waals surface area contributed by atoms with Crippen molar-refractivity contribution in [3.8, 4) is 22.5 Å². The summed E-state index contributed by atoms with van der Waals surface area (Å²) in [5.74, 6) is -0.0539.